The molecule has 10 nitrogen and oxygen atoms in total. The zero-order valence-electron chi connectivity index (χ0n) is 17.6. The van der Waals surface area contributed by atoms with Gasteiger partial charge in [0.1, 0.15) is 23.0 Å². The zero-order chi connectivity index (χ0) is 24.0. The van der Waals surface area contributed by atoms with Crippen LogP contribution in [0.5, 0.6) is 11.5 Å². The molecule has 2 aromatic carbocycles. The highest BCUT2D eigenvalue weighted by Gasteiger charge is 2.15. The molecule has 0 aliphatic heterocycles. The molecule has 12 heteroatoms. The smallest absolute Gasteiger partial charge is 0.277 e. The number of H-pyrrole nitrogens is 1. The fraction of sp³-hybridized carbons (Fsp3) is 0.143. The number of aromatic amines is 1. The van der Waals surface area contributed by atoms with Crippen LogP contribution < -0.4 is 31.4 Å². The van der Waals surface area contributed by atoms with E-state index in [-0.39, 0.29) is 33.9 Å². The van der Waals surface area contributed by atoms with Crippen molar-refractivity contribution in [2.75, 3.05) is 36.3 Å². The number of nitrogen functional groups attached to an aromatic ring is 1. The predicted octanol–water partition coefficient (Wildman–Crippen LogP) is 2.49. The van der Waals surface area contributed by atoms with Crippen molar-refractivity contribution in [2.24, 2.45) is 0 Å². The first kappa shape index (κ1) is 23.6. The second-order valence-corrected chi connectivity index (χ2v) is 7.46. The van der Waals surface area contributed by atoms with Crippen LogP contribution in [0.25, 0.3) is 0 Å². The quantitative estimate of drug-likeness (QED) is 0.288. The maximum absolute atomic E-state index is 13.0. The summed E-state index contributed by atoms with van der Waals surface area (Å²) in [5, 5.41) is 5.14. The molecule has 1 aromatic heterocycles. The van der Waals surface area contributed by atoms with E-state index >= 15 is 0 Å². The highest BCUT2D eigenvalue weighted by molar-refractivity contribution is 7.99. The average Bonchev–Trinajstić information content (AvgIpc) is 2.80. The Morgan fingerprint density at radius 1 is 1.12 bits per heavy atom. The lowest BCUT2D eigenvalue weighted by atomic mass is 10.2. The highest BCUT2D eigenvalue weighted by Crippen LogP contribution is 2.29. The lowest BCUT2D eigenvalue weighted by Crippen LogP contribution is -2.23. The Labute approximate surface area is 191 Å². The van der Waals surface area contributed by atoms with Crippen molar-refractivity contribution in [3.05, 3.63) is 64.2 Å². The summed E-state index contributed by atoms with van der Waals surface area (Å²) in [5.74, 6) is -0.845. The fourth-order valence-electron chi connectivity index (χ4n) is 2.67. The largest absolute Gasteiger partial charge is 0.497 e. The van der Waals surface area contributed by atoms with Crippen LogP contribution in [0.2, 0.25) is 0 Å². The van der Waals surface area contributed by atoms with Crippen molar-refractivity contribution in [2.45, 2.75) is 5.16 Å². The molecule has 0 spiro atoms. The van der Waals surface area contributed by atoms with Gasteiger partial charge in [-0.1, -0.05) is 11.8 Å². The third-order valence-corrected chi connectivity index (χ3v) is 5.17. The second-order valence-electron chi connectivity index (χ2n) is 6.50. The van der Waals surface area contributed by atoms with Crippen molar-refractivity contribution in [1.29, 1.82) is 0 Å². The van der Waals surface area contributed by atoms with Crippen LogP contribution in [-0.4, -0.2) is 41.8 Å². The Morgan fingerprint density at radius 3 is 2.48 bits per heavy atom. The molecule has 0 aliphatic carbocycles. The minimum Gasteiger partial charge on any atom is -0.497 e. The van der Waals surface area contributed by atoms with Gasteiger partial charge in [-0.15, -0.1) is 0 Å². The van der Waals surface area contributed by atoms with Crippen LogP contribution >= 0.6 is 11.8 Å². The number of thioether (sulfide) groups is 1. The molecule has 3 aromatic rings. The molecule has 0 bridgehead atoms. The fourth-order valence-corrected chi connectivity index (χ4v) is 3.34. The normalized spacial score (nSPS) is 10.4. The number of nitrogens with two attached hydrogens (primary N) is 1. The van der Waals surface area contributed by atoms with Crippen LogP contribution in [0.3, 0.4) is 0 Å². The number of amides is 2. The number of nitrogens with zero attached hydrogens (tertiary/aromatic N) is 1. The number of ether oxygens (including phenoxy) is 2. The van der Waals surface area contributed by atoms with Gasteiger partial charge in [0.05, 0.1) is 25.7 Å². The first-order chi connectivity index (χ1) is 15.8. The molecular formula is C21H20FN5O5S. The Morgan fingerprint density at radius 2 is 1.85 bits per heavy atom. The zero-order valence-corrected chi connectivity index (χ0v) is 18.4. The summed E-state index contributed by atoms with van der Waals surface area (Å²) in [6.45, 7) is 0. The van der Waals surface area contributed by atoms with Gasteiger partial charge in [-0.05, 0) is 36.4 Å². The van der Waals surface area contributed by atoms with Gasteiger partial charge in [0.15, 0.2) is 11.0 Å². The van der Waals surface area contributed by atoms with Crippen molar-refractivity contribution in [3.63, 3.8) is 0 Å². The maximum atomic E-state index is 13.0. The summed E-state index contributed by atoms with van der Waals surface area (Å²) in [6, 6.07) is 9.70. The van der Waals surface area contributed by atoms with Crippen molar-refractivity contribution in [3.8, 4) is 11.5 Å². The number of hydrogen-bond acceptors (Lipinski definition) is 8. The van der Waals surface area contributed by atoms with E-state index in [0.29, 0.717) is 17.2 Å². The van der Waals surface area contributed by atoms with E-state index in [1.54, 1.807) is 18.2 Å². The minimum absolute atomic E-state index is 0.0845. The summed E-state index contributed by atoms with van der Waals surface area (Å²) in [6.07, 6.45) is 0. The second kappa shape index (κ2) is 10.5. The van der Waals surface area contributed by atoms with Gasteiger partial charge in [-0.3, -0.25) is 19.4 Å². The van der Waals surface area contributed by atoms with Crippen LogP contribution in [0, 0.1) is 5.82 Å². The molecule has 5 N–H and O–H groups in total. The number of hydrogen-bond donors (Lipinski definition) is 4. The van der Waals surface area contributed by atoms with E-state index in [1.165, 1.54) is 26.4 Å². The van der Waals surface area contributed by atoms with Crippen molar-refractivity contribution >= 4 is 40.8 Å². The molecule has 1 heterocycles. The molecule has 2 amide bonds. The topological polar surface area (TPSA) is 148 Å². The Balaban J connectivity index is 1.64. The van der Waals surface area contributed by atoms with Gasteiger partial charge < -0.3 is 25.8 Å². The number of halogens is 1. The van der Waals surface area contributed by atoms with Gasteiger partial charge >= 0.3 is 0 Å². The lowest BCUT2D eigenvalue weighted by Gasteiger charge is -2.11. The molecule has 0 saturated carbocycles. The summed E-state index contributed by atoms with van der Waals surface area (Å²) in [5.41, 5.74) is 5.46. The standard InChI is InChI=1S/C21H20FN5O5S/c1-31-13-7-8-14(15(9-13)32-2)24-16(28)10-33-21-26-18(23)17(20(30)27-21)25-19(29)11-3-5-12(22)6-4-11/h3-9H,10H2,1-2H3,(H,24,28)(H,25,29)(H3,23,26,27,30). The van der Waals surface area contributed by atoms with Gasteiger partial charge in [0.25, 0.3) is 11.5 Å². The van der Waals surface area contributed by atoms with Crippen LogP contribution in [0.15, 0.2) is 52.4 Å². The number of anilines is 3. The molecule has 33 heavy (non-hydrogen) atoms. The SMILES string of the molecule is COc1ccc(NC(=O)CSc2nc(N)c(NC(=O)c3ccc(F)cc3)c(=O)[nH]2)c(OC)c1. The molecular weight excluding hydrogens is 453 g/mol. The van der Waals surface area contributed by atoms with E-state index in [1.807, 2.05) is 0 Å². The van der Waals surface area contributed by atoms with Gasteiger partial charge in [0.2, 0.25) is 5.91 Å². The number of carbonyl (C=O) groups is 2. The number of methoxy groups -OCH3 is 2. The van der Waals surface area contributed by atoms with Crippen molar-refractivity contribution < 1.29 is 23.5 Å². The monoisotopic (exact) mass is 473 g/mol. The molecule has 0 saturated heterocycles. The van der Waals surface area contributed by atoms with Gasteiger partial charge in [-0.25, -0.2) is 9.37 Å². The highest BCUT2D eigenvalue weighted by atomic mass is 32.2. The van der Waals surface area contributed by atoms with Crippen molar-refractivity contribution in [1.82, 2.24) is 9.97 Å². The predicted molar refractivity (Wildman–Crippen MR) is 123 cm³/mol. The van der Waals surface area contributed by atoms with E-state index in [2.05, 4.69) is 20.6 Å². The molecule has 0 unspecified atom stereocenters. The summed E-state index contributed by atoms with van der Waals surface area (Å²) in [4.78, 5) is 43.4. The Kier molecular flexibility index (Phi) is 7.51. The minimum atomic E-state index is -0.697. The summed E-state index contributed by atoms with van der Waals surface area (Å²) < 4.78 is 23.4. The molecule has 3 rings (SSSR count). The first-order valence-corrected chi connectivity index (χ1v) is 10.4. The number of nitrogens with one attached hydrogen (secondary N) is 3. The lowest BCUT2D eigenvalue weighted by molar-refractivity contribution is -0.113. The number of aromatic nitrogens is 2. The summed E-state index contributed by atoms with van der Waals surface area (Å²) >= 11 is 0.944. The van der Waals surface area contributed by atoms with E-state index in [9.17, 15) is 18.8 Å². The van der Waals surface area contributed by atoms with Crippen LogP contribution in [-0.2, 0) is 4.79 Å². The third-order valence-electron chi connectivity index (χ3n) is 4.29. The van der Waals surface area contributed by atoms with E-state index in [0.717, 1.165) is 23.9 Å². The van der Waals surface area contributed by atoms with Crippen LogP contribution in [0.4, 0.5) is 21.6 Å². The molecule has 0 radical (unpaired) electrons. The number of benzene rings is 2. The maximum Gasteiger partial charge on any atom is 0.277 e. The molecule has 172 valence electrons. The average molecular weight is 473 g/mol. The van der Waals surface area contributed by atoms with Gasteiger partial charge in [-0.2, -0.15) is 0 Å². The Bertz CT molecular complexity index is 1230. The van der Waals surface area contributed by atoms with E-state index < -0.39 is 17.3 Å². The molecule has 0 atom stereocenters. The van der Waals surface area contributed by atoms with Crippen LogP contribution in [0.1, 0.15) is 10.4 Å². The van der Waals surface area contributed by atoms with Gasteiger partial charge in [0, 0.05) is 11.6 Å². The Hall–Kier alpha value is -4.06. The number of rotatable bonds is 8. The third kappa shape index (κ3) is 6.01. The van der Waals surface area contributed by atoms with E-state index in [4.69, 9.17) is 15.2 Å². The first-order valence-electron chi connectivity index (χ1n) is 9.42. The molecule has 0 fully saturated rings. The molecule has 0 aliphatic rings. The number of carbonyl (C=O) groups excluding carboxylic acids is 2. The summed E-state index contributed by atoms with van der Waals surface area (Å²) in [7, 11) is 2.98.